The van der Waals surface area contributed by atoms with E-state index in [4.69, 9.17) is 9.59 Å². The van der Waals surface area contributed by atoms with E-state index in [9.17, 15) is 23.1 Å². The first-order chi connectivity index (χ1) is 15.7. The minimum atomic E-state index is -1.05. The van der Waals surface area contributed by atoms with E-state index >= 15 is 0 Å². The predicted octanol–water partition coefficient (Wildman–Crippen LogP) is 4.00. The topological polar surface area (TPSA) is 86.7 Å². The number of aliphatic hydroxyl groups is 1. The van der Waals surface area contributed by atoms with Gasteiger partial charge in [0.05, 0.1) is 6.10 Å². The molecular weight excluding hydrogens is 437 g/mol. The van der Waals surface area contributed by atoms with Crippen molar-refractivity contribution in [3.05, 3.63) is 65.0 Å². The highest BCUT2D eigenvalue weighted by molar-refractivity contribution is 6.04. The molecule has 1 aliphatic rings. The zero-order chi connectivity index (χ0) is 25.6. The highest BCUT2D eigenvalue weighted by Gasteiger charge is 2.16. The molecule has 3 rings (SSSR count). The van der Waals surface area contributed by atoms with Crippen LogP contribution in [0, 0.1) is 30.3 Å². The molecule has 0 aliphatic carbocycles. The molecular formula is C24H31F3N2O4. The molecule has 182 valence electrons. The number of aliphatic hydroxyl groups excluding tert-OH is 1. The maximum absolute atomic E-state index is 13.1. The minimum Gasteiger partial charge on any atom is -0.392 e. The van der Waals surface area contributed by atoms with Gasteiger partial charge in [-0.3, -0.25) is 4.79 Å². The van der Waals surface area contributed by atoms with Crippen molar-refractivity contribution in [3.63, 3.8) is 0 Å². The summed E-state index contributed by atoms with van der Waals surface area (Å²) in [5, 5.41) is 11.7. The van der Waals surface area contributed by atoms with Crippen molar-refractivity contribution in [2.45, 2.75) is 32.8 Å². The number of likely N-dealkylation sites (tertiary alicyclic amines) is 1. The van der Waals surface area contributed by atoms with Gasteiger partial charge in [-0.05, 0) is 68.6 Å². The highest BCUT2D eigenvalue weighted by Crippen LogP contribution is 2.16. The average molecular weight is 469 g/mol. The molecule has 0 saturated carbocycles. The van der Waals surface area contributed by atoms with Gasteiger partial charge in [0, 0.05) is 30.4 Å². The van der Waals surface area contributed by atoms with E-state index in [0.29, 0.717) is 5.56 Å². The second-order valence-corrected chi connectivity index (χ2v) is 7.60. The number of anilines is 1. The molecule has 1 fully saturated rings. The number of carbonyl (C=O) groups is 3. The number of carbonyl (C=O) groups excluding carboxylic acids is 3. The zero-order valence-electron chi connectivity index (χ0n) is 19.1. The van der Waals surface area contributed by atoms with Gasteiger partial charge >= 0.3 is 0 Å². The van der Waals surface area contributed by atoms with Gasteiger partial charge in [0.25, 0.3) is 5.91 Å². The van der Waals surface area contributed by atoms with Crippen LogP contribution in [-0.2, 0) is 9.59 Å². The van der Waals surface area contributed by atoms with Crippen LogP contribution in [0.1, 0.15) is 35.7 Å². The lowest BCUT2D eigenvalue weighted by molar-refractivity contribution is -0.0987. The molecule has 0 bridgehead atoms. The molecule has 2 N–H and O–H groups in total. The van der Waals surface area contributed by atoms with Crippen LogP contribution in [0.2, 0.25) is 0 Å². The summed E-state index contributed by atoms with van der Waals surface area (Å²) < 4.78 is 38.8. The number of nitrogens with one attached hydrogen (secondary N) is 1. The van der Waals surface area contributed by atoms with E-state index in [-0.39, 0.29) is 17.4 Å². The largest absolute Gasteiger partial charge is 0.392 e. The Balaban J connectivity index is 0.000000617. The number of amides is 1. The van der Waals surface area contributed by atoms with Gasteiger partial charge in [-0.2, -0.15) is 0 Å². The van der Waals surface area contributed by atoms with Gasteiger partial charge in [0.1, 0.15) is 19.4 Å². The van der Waals surface area contributed by atoms with Crippen molar-refractivity contribution in [1.29, 1.82) is 0 Å². The Bertz CT molecular complexity index is 869. The maximum Gasteiger partial charge on any atom is 0.255 e. The summed E-state index contributed by atoms with van der Waals surface area (Å²) in [7, 11) is 2.07. The first-order valence-electron chi connectivity index (χ1n) is 10.1. The number of hydrogen-bond donors (Lipinski definition) is 2. The number of hydrogen-bond acceptors (Lipinski definition) is 5. The molecule has 0 aromatic heterocycles. The Labute approximate surface area is 192 Å². The fraction of sp³-hybridized carbons (Fsp3) is 0.375. The third-order valence-corrected chi connectivity index (χ3v) is 4.74. The molecule has 1 aliphatic heterocycles. The monoisotopic (exact) mass is 468 g/mol. The Kier molecular flexibility index (Phi) is 14.3. The number of aryl methyl sites for hydroxylation is 1. The lowest BCUT2D eigenvalue weighted by Crippen LogP contribution is -2.28. The van der Waals surface area contributed by atoms with E-state index in [1.807, 2.05) is 13.6 Å². The van der Waals surface area contributed by atoms with Crippen molar-refractivity contribution in [2.24, 2.45) is 5.92 Å². The summed E-state index contributed by atoms with van der Waals surface area (Å²) in [6.45, 7) is 9.76. The van der Waals surface area contributed by atoms with Gasteiger partial charge in [-0.1, -0.05) is 6.92 Å². The molecule has 1 saturated heterocycles. The summed E-state index contributed by atoms with van der Waals surface area (Å²) in [4.78, 5) is 30.0. The third kappa shape index (κ3) is 10.9. The normalized spacial score (nSPS) is 17.5. The van der Waals surface area contributed by atoms with Crippen molar-refractivity contribution in [2.75, 3.05) is 25.5 Å². The summed E-state index contributed by atoms with van der Waals surface area (Å²) >= 11 is 0. The second kappa shape index (κ2) is 15.7. The molecule has 2 aromatic rings. The first kappa shape index (κ1) is 30.0. The standard InChI is InChI=1S/C14H10F3NO.C8H17NO.2CH2O/c1-8-6-9(2-4-11(8)15)14(19)18-10-3-5-12(16)13(17)7-10;1-7-3-4-8(10)6-9(2)5-7;2*1-2/h2-7H,1H3,(H,18,19);7-8,10H,3-6H2,1-2H3;2*1H2. The van der Waals surface area contributed by atoms with Crippen LogP contribution < -0.4 is 5.32 Å². The lowest BCUT2D eigenvalue weighted by Gasteiger charge is -2.16. The van der Waals surface area contributed by atoms with Crippen LogP contribution in [0.4, 0.5) is 18.9 Å². The molecule has 6 nitrogen and oxygen atoms in total. The molecule has 1 heterocycles. The van der Waals surface area contributed by atoms with Crippen molar-refractivity contribution in [3.8, 4) is 0 Å². The van der Waals surface area contributed by atoms with Gasteiger partial charge in [-0.15, -0.1) is 0 Å². The Hall–Kier alpha value is -3.04. The summed E-state index contributed by atoms with van der Waals surface area (Å²) in [5.74, 6) is -2.22. The Morgan fingerprint density at radius 3 is 2.15 bits per heavy atom. The number of β-amino-alcohol motifs (C(OH)–C–C–N with tert-alkyl or cyclic N) is 1. The van der Waals surface area contributed by atoms with Gasteiger partial charge in [0.15, 0.2) is 11.6 Å². The third-order valence-electron chi connectivity index (χ3n) is 4.74. The van der Waals surface area contributed by atoms with Crippen LogP contribution in [-0.4, -0.2) is 55.7 Å². The fourth-order valence-corrected chi connectivity index (χ4v) is 3.19. The SMILES string of the molecule is C=O.C=O.CC1CCC(O)CN(C)C1.Cc1cc(C(=O)Nc2ccc(F)c(F)c2)ccc1F. The lowest BCUT2D eigenvalue weighted by atomic mass is 10.1. The number of likely N-dealkylation sites (N-methyl/N-ethyl adjacent to an activating group) is 1. The van der Waals surface area contributed by atoms with Gasteiger partial charge < -0.3 is 24.9 Å². The van der Waals surface area contributed by atoms with Gasteiger partial charge in [-0.25, -0.2) is 13.2 Å². The molecule has 0 radical (unpaired) electrons. The maximum atomic E-state index is 13.1. The Morgan fingerprint density at radius 2 is 1.58 bits per heavy atom. The molecule has 2 atom stereocenters. The van der Waals surface area contributed by atoms with Crippen molar-refractivity contribution < 1.29 is 32.7 Å². The molecule has 2 aromatic carbocycles. The zero-order valence-corrected chi connectivity index (χ0v) is 19.1. The summed E-state index contributed by atoms with van der Waals surface area (Å²) in [6.07, 6.45) is 2.06. The quantitative estimate of drug-likeness (QED) is 0.696. The molecule has 2 unspecified atom stereocenters. The van der Waals surface area contributed by atoms with Crippen LogP contribution in [0.25, 0.3) is 0 Å². The van der Waals surface area contributed by atoms with E-state index in [0.717, 1.165) is 37.6 Å². The van der Waals surface area contributed by atoms with Crippen molar-refractivity contribution >= 4 is 25.2 Å². The van der Waals surface area contributed by atoms with Crippen LogP contribution in [0.3, 0.4) is 0 Å². The van der Waals surface area contributed by atoms with E-state index < -0.39 is 23.4 Å². The number of rotatable bonds is 2. The van der Waals surface area contributed by atoms with Gasteiger partial charge in [0.2, 0.25) is 0 Å². The smallest absolute Gasteiger partial charge is 0.255 e. The number of halogens is 3. The Morgan fingerprint density at radius 1 is 0.970 bits per heavy atom. The average Bonchev–Trinajstić information content (AvgIpc) is 2.94. The van der Waals surface area contributed by atoms with E-state index in [2.05, 4.69) is 24.2 Å². The van der Waals surface area contributed by atoms with Crippen LogP contribution >= 0.6 is 0 Å². The van der Waals surface area contributed by atoms with Crippen molar-refractivity contribution in [1.82, 2.24) is 4.90 Å². The molecule has 33 heavy (non-hydrogen) atoms. The fourth-order valence-electron chi connectivity index (χ4n) is 3.19. The molecule has 1 amide bonds. The number of benzene rings is 2. The summed E-state index contributed by atoms with van der Waals surface area (Å²) in [5.41, 5.74) is 0.701. The second-order valence-electron chi connectivity index (χ2n) is 7.60. The highest BCUT2D eigenvalue weighted by atomic mass is 19.2. The molecule has 0 spiro atoms. The summed E-state index contributed by atoms with van der Waals surface area (Å²) in [6, 6.07) is 6.91. The minimum absolute atomic E-state index is 0.0880. The van der Waals surface area contributed by atoms with Crippen LogP contribution in [0.5, 0.6) is 0 Å². The number of nitrogens with zero attached hydrogens (tertiary/aromatic N) is 1. The van der Waals surface area contributed by atoms with E-state index in [1.165, 1.54) is 37.6 Å². The van der Waals surface area contributed by atoms with Crippen LogP contribution in [0.15, 0.2) is 36.4 Å². The first-order valence-corrected chi connectivity index (χ1v) is 10.1. The van der Waals surface area contributed by atoms with E-state index in [1.54, 1.807) is 0 Å². The predicted molar refractivity (Wildman–Crippen MR) is 122 cm³/mol. The molecule has 9 heteroatoms.